The minimum atomic E-state index is -0.275. The van der Waals surface area contributed by atoms with E-state index in [4.69, 9.17) is 4.74 Å². The van der Waals surface area contributed by atoms with Gasteiger partial charge in [0.15, 0.2) is 0 Å². The van der Waals surface area contributed by atoms with Gasteiger partial charge in [0.05, 0.1) is 21.6 Å². The van der Waals surface area contributed by atoms with Gasteiger partial charge in [0.2, 0.25) is 0 Å². The fraction of sp³-hybridized carbons (Fsp3) is 0.417. The van der Waals surface area contributed by atoms with Gasteiger partial charge in [-0.2, -0.15) is 0 Å². The number of nitrogens with zero attached hydrogens (tertiary/aromatic N) is 1. The molecule has 1 saturated heterocycles. The third kappa shape index (κ3) is 1.87. The minimum Gasteiger partial charge on any atom is -0.378 e. The average molecular weight is 299 g/mol. The minimum absolute atomic E-state index is 0.170. The summed E-state index contributed by atoms with van der Waals surface area (Å²) in [6, 6.07) is 3.17. The number of hydrogen-bond donors (Lipinski definition) is 1. The summed E-state index contributed by atoms with van der Waals surface area (Å²) in [6.07, 6.45) is 1.13. The van der Waals surface area contributed by atoms with Crippen molar-refractivity contribution >= 4 is 27.0 Å². The monoisotopic (exact) mass is 298 g/mol. The summed E-state index contributed by atoms with van der Waals surface area (Å²) in [7, 11) is 0. The first-order valence-corrected chi connectivity index (χ1v) is 6.40. The third-order valence-corrected chi connectivity index (χ3v) is 3.88. The number of aromatic nitrogens is 2. The number of halogens is 2. The fourth-order valence-electron chi connectivity index (χ4n) is 2.29. The fourth-order valence-corrected chi connectivity index (χ4v) is 2.62. The van der Waals surface area contributed by atoms with E-state index in [9.17, 15) is 4.39 Å². The molecule has 0 bridgehead atoms. The third-order valence-electron chi connectivity index (χ3n) is 3.27. The van der Waals surface area contributed by atoms with Gasteiger partial charge in [-0.3, -0.25) is 0 Å². The Kier molecular flexibility index (Phi) is 2.67. The zero-order chi connectivity index (χ0) is 12.0. The van der Waals surface area contributed by atoms with Gasteiger partial charge in [0.25, 0.3) is 0 Å². The van der Waals surface area contributed by atoms with Gasteiger partial charge in [-0.05, 0) is 35.3 Å². The van der Waals surface area contributed by atoms with E-state index in [0.717, 1.165) is 29.9 Å². The normalized spacial score (nSPS) is 24.6. The molecule has 1 N–H and O–H groups in total. The zero-order valence-electron chi connectivity index (χ0n) is 9.34. The van der Waals surface area contributed by atoms with Gasteiger partial charge < -0.3 is 9.72 Å². The SMILES string of the molecule is CC1OCCC1c1nc2cc(Br)c(F)cc2[nH]1. The van der Waals surface area contributed by atoms with Crippen molar-refractivity contribution in [2.45, 2.75) is 25.4 Å². The van der Waals surface area contributed by atoms with Gasteiger partial charge in [0.1, 0.15) is 11.6 Å². The first kappa shape index (κ1) is 11.2. The molecule has 2 aromatic rings. The molecule has 5 heteroatoms. The Morgan fingerprint density at radius 2 is 2.35 bits per heavy atom. The van der Waals surface area contributed by atoms with Crippen LogP contribution in [-0.2, 0) is 4.74 Å². The number of rotatable bonds is 1. The van der Waals surface area contributed by atoms with Crippen LogP contribution in [0.3, 0.4) is 0 Å². The van der Waals surface area contributed by atoms with Crippen molar-refractivity contribution < 1.29 is 9.13 Å². The molecule has 0 spiro atoms. The molecular formula is C12H12BrFN2O. The number of imidazole rings is 1. The molecule has 3 nitrogen and oxygen atoms in total. The topological polar surface area (TPSA) is 37.9 Å². The second-order valence-corrected chi connectivity index (χ2v) is 5.23. The lowest BCUT2D eigenvalue weighted by atomic mass is 10.0. The molecular weight excluding hydrogens is 287 g/mol. The van der Waals surface area contributed by atoms with Crippen LogP contribution >= 0.6 is 15.9 Å². The standard InChI is InChI=1S/C12H12BrFN2O/c1-6-7(2-3-17-6)12-15-10-4-8(13)9(14)5-11(10)16-12/h4-7H,2-3H2,1H3,(H,15,16). The Bertz CT molecular complexity index is 530. The summed E-state index contributed by atoms with van der Waals surface area (Å²) in [5.41, 5.74) is 1.52. The lowest BCUT2D eigenvalue weighted by Gasteiger charge is -2.09. The van der Waals surface area contributed by atoms with Crippen LogP contribution in [0.1, 0.15) is 25.1 Å². The number of aromatic amines is 1. The number of ether oxygens (including phenoxy) is 1. The number of hydrogen-bond acceptors (Lipinski definition) is 2. The molecule has 1 aliphatic heterocycles. The molecule has 17 heavy (non-hydrogen) atoms. The van der Waals surface area contributed by atoms with Crippen LogP contribution in [0.5, 0.6) is 0 Å². The maximum absolute atomic E-state index is 13.4. The van der Waals surface area contributed by atoms with E-state index in [1.54, 1.807) is 6.07 Å². The highest BCUT2D eigenvalue weighted by Crippen LogP contribution is 2.31. The van der Waals surface area contributed by atoms with Crippen LogP contribution in [0.25, 0.3) is 11.0 Å². The zero-order valence-corrected chi connectivity index (χ0v) is 10.9. The molecule has 2 atom stereocenters. The average Bonchev–Trinajstić information content (AvgIpc) is 2.85. The highest BCUT2D eigenvalue weighted by Gasteiger charge is 2.28. The summed E-state index contributed by atoms with van der Waals surface area (Å²) < 4.78 is 19.4. The number of H-pyrrole nitrogens is 1. The molecule has 3 rings (SSSR count). The summed E-state index contributed by atoms with van der Waals surface area (Å²) in [4.78, 5) is 7.70. The van der Waals surface area contributed by atoms with E-state index in [-0.39, 0.29) is 17.8 Å². The van der Waals surface area contributed by atoms with Gasteiger partial charge in [-0.15, -0.1) is 0 Å². The van der Waals surface area contributed by atoms with Crippen molar-refractivity contribution in [3.8, 4) is 0 Å². The Hall–Kier alpha value is -0.940. The van der Waals surface area contributed by atoms with Crippen molar-refractivity contribution in [1.29, 1.82) is 0 Å². The van der Waals surface area contributed by atoms with Crippen molar-refractivity contribution in [2.24, 2.45) is 0 Å². The smallest absolute Gasteiger partial charge is 0.139 e. The summed E-state index contributed by atoms with van der Waals surface area (Å²) >= 11 is 3.17. The second kappa shape index (κ2) is 4.07. The molecule has 2 heterocycles. The maximum Gasteiger partial charge on any atom is 0.139 e. The Balaban J connectivity index is 2.07. The van der Waals surface area contributed by atoms with Gasteiger partial charge in [0, 0.05) is 18.6 Å². The lowest BCUT2D eigenvalue weighted by molar-refractivity contribution is 0.117. The van der Waals surface area contributed by atoms with Crippen LogP contribution < -0.4 is 0 Å². The Morgan fingerprint density at radius 1 is 1.53 bits per heavy atom. The molecule has 1 aromatic carbocycles. The van der Waals surface area contributed by atoms with Gasteiger partial charge >= 0.3 is 0 Å². The number of benzene rings is 1. The Labute approximate surface area is 107 Å². The van der Waals surface area contributed by atoms with Crippen LogP contribution in [0.2, 0.25) is 0 Å². The molecule has 0 radical (unpaired) electrons. The summed E-state index contributed by atoms with van der Waals surface area (Å²) in [5.74, 6) is 0.898. The maximum atomic E-state index is 13.4. The predicted octanol–water partition coefficient (Wildman–Crippen LogP) is 3.36. The molecule has 90 valence electrons. The van der Waals surface area contributed by atoms with Crippen LogP contribution in [0.4, 0.5) is 4.39 Å². The molecule has 1 aliphatic rings. The van der Waals surface area contributed by atoms with E-state index in [1.807, 2.05) is 6.92 Å². The van der Waals surface area contributed by atoms with Gasteiger partial charge in [-0.25, -0.2) is 9.37 Å². The number of fused-ring (bicyclic) bond motifs is 1. The highest BCUT2D eigenvalue weighted by molar-refractivity contribution is 9.10. The molecule has 1 fully saturated rings. The van der Waals surface area contributed by atoms with E-state index in [2.05, 4.69) is 25.9 Å². The van der Waals surface area contributed by atoms with Crippen LogP contribution in [0.15, 0.2) is 16.6 Å². The van der Waals surface area contributed by atoms with Crippen molar-refractivity contribution in [2.75, 3.05) is 6.61 Å². The second-order valence-electron chi connectivity index (χ2n) is 4.38. The van der Waals surface area contributed by atoms with Crippen molar-refractivity contribution in [3.63, 3.8) is 0 Å². The van der Waals surface area contributed by atoms with Crippen molar-refractivity contribution in [1.82, 2.24) is 9.97 Å². The Morgan fingerprint density at radius 3 is 3.06 bits per heavy atom. The first-order chi connectivity index (χ1) is 8.15. The summed E-state index contributed by atoms with van der Waals surface area (Å²) in [5, 5.41) is 0. The van der Waals surface area contributed by atoms with E-state index < -0.39 is 0 Å². The van der Waals surface area contributed by atoms with Crippen molar-refractivity contribution in [3.05, 3.63) is 28.2 Å². The van der Waals surface area contributed by atoms with E-state index in [0.29, 0.717) is 4.47 Å². The molecule has 1 aromatic heterocycles. The first-order valence-electron chi connectivity index (χ1n) is 5.61. The van der Waals surface area contributed by atoms with E-state index >= 15 is 0 Å². The molecule has 2 unspecified atom stereocenters. The lowest BCUT2D eigenvalue weighted by Crippen LogP contribution is -2.10. The van der Waals surface area contributed by atoms with Gasteiger partial charge in [-0.1, -0.05) is 0 Å². The van der Waals surface area contributed by atoms with Crippen LogP contribution in [-0.4, -0.2) is 22.7 Å². The van der Waals surface area contributed by atoms with Crippen LogP contribution in [0, 0.1) is 5.82 Å². The predicted molar refractivity (Wildman–Crippen MR) is 66.5 cm³/mol. The molecule has 0 amide bonds. The number of nitrogens with one attached hydrogen (secondary N) is 1. The summed E-state index contributed by atoms with van der Waals surface area (Å²) in [6.45, 7) is 2.81. The molecule has 0 saturated carbocycles. The van der Waals surface area contributed by atoms with E-state index in [1.165, 1.54) is 6.07 Å². The largest absolute Gasteiger partial charge is 0.378 e. The molecule has 0 aliphatic carbocycles. The quantitative estimate of drug-likeness (QED) is 0.877. The highest BCUT2D eigenvalue weighted by atomic mass is 79.9.